The Morgan fingerprint density at radius 3 is 2.73 bits per heavy atom. The van der Waals surface area contributed by atoms with Gasteiger partial charge in [-0.25, -0.2) is 4.39 Å². The summed E-state index contributed by atoms with van der Waals surface area (Å²) in [5, 5.41) is 10.3. The SMILES string of the molecule is Cc1c(F)cc(Cl)c2c1C(O)CC2(C)C. The minimum Gasteiger partial charge on any atom is -0.388 e. The van der Waals surface area contributed by atoms with E-state index in [9.17, 15) is 9.50 Å². The maximum atomic E-state index is 13.5. The average Bonchev–Trinajstić information content (AvgIpc) is 2.32. The highest BCUT2D eigenvalue weighted by atomic mass is 35.5. The Balaban J connectivity index is 2.78. The zero-order valence-electron chi connectivity index (χ0n) is 9.06. The number of hydrogen-bond acceptors (Lipinski definition) is 1. The molecule has 3 heteroatoms. The van der Waals surface area contributed by atoms with Gasteiger partial charge >= 0.3 is 0 Å². The van der Waals surface area contributed by atoms with Crippen molar-refractivity contribution in [1.82, 2.24) is 0 Å². The van der Waals surface area contributed by atoms with Crippen LogP contribution in [-0.2, 0) is 5.41 Å². The fourth-order valence-corrected chi connectivity index (χ4v) is 2.98. The number of hydrogen-bond donors (Lipinski definition) is 1. The summed E-state index contributed by atoms with van der Waals surface area (Å²) >= 11 is 6.05. The molecule has 0 fully saturated rings. The number of rotatable bonds is 0. The van der Waals surface area contributed by atoms with Crippen molar-refractivity contribution in [3.05, 3.63) is 33.6 Å². The first kappa shape index (κ1) is 10.9. The number of fused-ring (bicyclic) bond motifs is 1. The highest BCUT2D eigenvalue weighted by Gasteiger charge is 2.39. The molecule has 1 aliphatic rings. The predicted octanol–water partition coefficient (Wildman–Crippen LogP) is 3.50. The summed E-state index contributed by atoms with van der Waals surface area (Å²) in [4.78, 5) is 0. The van der Waals surface area contributed by atoms with Crippen molar-refractivity contribution >= 4 is 11.6 Å². The van der Waals surface area contributed by atoms with Crippen LogP contribution in [0.1, 0.15) is 43.1 Å². The van der Waals surface area contributed by atoms with Gasteiger partial charge in [0, 0.05) is 5.02 Å². The number of aliphatic hydroxyl groups excluding tert-OH is 1. The fourth-order valence-electron chi connectivity index (χ4n) is 2.53. The van der Waals surface area contributed by atoms with Crippen LogP contribution in [0.2, 0.25) is 5.02 Å². The molecule has 0 heterocycles. The van der Waals surface area contributed by atoms with Gasteiger partial charge < -0.3 is 5.11 Å². The van der Waals surface area contributed by atoms with E-state index in [1.54, 1.807) is 6.92 Å². The number of aliphatic hydroxyl groups is 1. The molecule has 1 nitrogen and oxygen atoms in total. The molecule has 0 aromatic heterocycles. The highest BCUT2D eigenvalue weighted by molar-refractivity contribution is 6.31. The fraction of sp³-hybridized carbons (Fsp3) is 0.500. The van der Waals surface area contributed by atoms with Crippen molar-refractivity contribution in [3.63, 3.8) is 0 Å². The van der Waals surface area contributed by atoms with Gasteiger partial charge in [-0.3, -0.25) is 0 Å². The molecule has 0 amide bonds. The van der Waals surface area contributed by atoms with Crippen LogP contribution in [0.15, 0.2) is 6.07 Å². The minimum absolute atomic E-state index is 0.176. The lowest BCUT2D eigenvalue weighted by atomic mass is 9.86. The van der Waals surface area contributed by atoms with Gasteiger partial charge in [0.05, 0.1) is 6.10 Å². The third-order valence-electron chi connectivity index (χ3n) is 3.24. The Hall–Kier alpha value is -0.600. The number of benzene rings is 1. The second kappa shape index (κ2) is 3.19. The van der Waals surface area contributed by atoms with Gasteiger partial charge in [0.25, 0.3) is 0 Å². The molecular formula is C12H14ClFO. The largest absolute Gasteiger partial charge is 0.388 e. The summed E-state index contributed by atoms with van der Waals surface area (Å²) in [5.41, 5.74) is 1.93. The van der Waals surface area contributed by atoms with Crippen molar-refractivity contribution < 1.29 is 9.50 Å². The third kappa shape index (κ3) is 1.47. The van der Waals surface area contributed by atoms with Crippen molar-refractivity contribution in [2.75, 3.05) is 0 Å². The first-order chi connectivity index (χ1) is 6.84. The van der Waals surface area contributed by atoms with Crippen LogP contribution in [0, 0.1) is 12.7 Å². The summed E-state index contributed by atoms with van der Waals surface area (Å²) in [7, 11) is 0. The first-order valence-corrected chi connectivity index (χ1v) is 5.39. The van der Waals surface area contributed by atoms with E-state index in [2.05, 4.69) is 0 Å². The monoisotopic (exact) mass is 228 g/mol. The summed E-state index contributed by atoms with van der Waals surface area (Å²) in [6, 6.07) is 1.34. The Morgan fingerprint density at radius 2 is 2.13 bits per heavy atom. The van der Waals surface area contributed by atoms with Crippen LogP contribution in [0.25, 0.3) is 0 Å². The molecule has 1 aromatic rings. The maximum Gasteiger partial charge on any atom is 0.127 e. The Bertz CT molecular complexity index is 426. The van der Waals surface area contributed by atoms with Crippen molar-refractivity contribution in [3.8, 4) is 0 Å². The standard InChI is InChI=1S/C12H14ClFO/c1-6-8(14)4-7(13)11-10(6)9(15)5-12(11,2)3/h4,9,15H,5H2,1-3H3. The average molecular weight is 229 g/mol. The molecule has 1 N–H and O–H groups in total. The Labute approximate surface area is 93.9 Å². The van der Waals surface area contributed by atoms with E-state index in [0.29, 0.717) is 22.6 Å². The van der Waals surface area contributed by atoms with Crippen molar-refractivity contribution in [2.45, 2.75) is 38.7 Å². The van der Waals surface area contributed by atoms with Gasteiger partial charge in [0.15, 0.2) is 0 Å². The van der Waals surface area contributed by atoms with E-state index in [4.69, 9.17) is 11.6 Å². The molecule has 0 saturated heterocycles. The molecule has 1 aliphatic carbocycles. The zero-order chi connectivity index (χ0) is 11.4. The van der Waals surface area contributed by atoms with E-state index in [1.165, 1.54) is 6.07 Å². The normalized spacial score (nSPS) is 22.9. The van der Waals surface area contributed by atoms with Crippen LogP contribution in [0.4, 0.5) is 4.39 Å². The van der Waals surface area contributed by atoms with Gasteiger partial charge in [0.2, 0.25) is 0 Å². The summed E-state index contributed by atoms with van der Waals surface area (Å²) in [5.74, 6) is -0.337. The van der Waals surface area contributed by atoms with E-state index < -0.39 is 6.10 Å². The zero-order valence-corrected chi connectivity index (χ0v) is 9.82. The lowest BCUT2D eigenvalue weighted by Crippen LogP contribution is -2.13. The van der Waals surface area contributed by atoms with E-state index in [-0.39, 0.29) is 11.2 Å². The molecule has 0 saturated carbocycles. The predicted molar refractivity (Wildman–Crippen MR) is 58.7 cm³/mol. The van der Waals surface area contributed by atoms with Gasteiger partial charge in [-0.2, -0.15) is 0 Å². The lowest BCUT2D eigenvalue weighted by molar-refractivity contribution is 0.161. The molecule has 1 aromatic carbocycles. The van der Waals surface area contributed by atoms with Crippen LogP contribution in [-0.4, -0.2) is 5.11 Å². The van der Waals surface area contributed by atoms with E-state index >= 15 is 0 Å². The lowest BCUT2D eigenvalue weighted by Gasteiger charge is -2.20. The van der Waals surface area contributed by atoms with Gasteiger partial charge in [-0.05, 0) is 41.5 Å². The molecule has 82 valence electrons. The van der Waals surface area contributed by atoms with Gasteiger partial charge in [-0.1, -0.05) is 25.4 Å². The molecule has 0 spiro atoms. The van der Waals surface area contributed by atoms with Gasteiger partial charge in [0.1, 0.15) is 5.82 Å². The molecule has 1 unspecified atom stereocenters. The second-order valence-electron chi connectivity index (χ2n) is 4.86. The molecule has 0 bridgehead atoms. The van der Waals surface area contributed by atoms with E-state index in [1.807, 2.05) is 13.8 Å². The Morgan fingerprint density at radius 1 is 1.53 bits per heavy atom. The number of halogens is 2. The van der Waals surface area contributed by atoms with Crippen molar-refractivity contribution in [2.24, 2.45) is 0 Å². The maximum absolute atomic E-state index is 13.5. The summed E-state index contributed by atoms with van der Waals surface area (Å²) in [6.07, 6.45) is 0.00926. The Kier molecular flexibility index (Phi) is 2.32. The molecule has 0 radical (unpaired) electrons. The third-order valence-corrected chi connectivity index (χ3v) is 3.54. The molecular weight excluding hydrogens is 215 g/mol. The van der Waals surface area contributed by atoms with E-state index in [0.717, 1.165) is 5.56 Å². The smallest absolute Gasteiger partial charge is 0.127 e. The van der Waals surface area contributed by atoms with Crippen LogP contribution in [0.5, 0.6) is 0 Å². The van der Waals surface area contributed by atoms with Crippen LogP contribution >= 0.6 is 11.6 Å². The summed E-state index contributed by atoms with van der Waals surface area (Å²) in [6.45, 7) is 5.73. The highest BCUT2D eigenvalue weighted by Crippen LogP contribution is 2.49. The quantitative estimate of drug-likeness (QED) is 0.721. The van der Waals surface area contributed by atoms with Gasteiger partial charge in [-0.15, -0.1) is 0 Å². The second-order valence-corrected chi connectivity index (χ2v) is 5.26. The molecule has 2 rings (SSSR count). The van der Waals surface area contributed by atoms with Crippen molar-refractivity contribution in [1.29, 1.82) is 0 Å². The topological polar surface area (TPSA) is 20.2 Å². The molecule has 15 heavy (non-hydrogen) atoms. The molecule has 1 atom stereocenters. The van der Waals surface area contributed by atoms with Crippen LogP contribution < -0.4 is 0 Å². The minimum atomic E-state index is -0.594. The van der Waals surface area contributed by atoms with Crippen LogP contribution in [0.3, 0.4) is 0 Å². The molecule has 0 aliphatic heterocycles. The first-order valence-electron chi connectivity index (χ1n) is 5.01. The summed E-state index contributed by atoms with van der Waals surface area (Å²) < 4.78 is 13.5.